The zero-order valence-corrected chi connectivity index (χ0v) is 22.3. The monoisotopic (exact) mass is 519 g/mol. The van der Waals surface area contributed by atoms with Crippen molar-refractivity contribution < 1.29 is 14.2 Å². The highest BCUT2D eigenvalue weighted by molar-refractivity contribution is 7.18. The molecule has 3 N–H and O–H groups in total. The number of rotatable bonds is 10. The Morgan fingerprint density at radius 1 is 1.22 bits per heavy atom. The lowest BCUT2D eigenvalue weighted by atomic mass is 9.97. The molecule has 0 saturated heterocycles. The smallest absolute Gasteiger partial charge is 0.220 e. The number of nitrogens with two attached hydrogens (primary N) is 1. The SMILES string of the molecule is CCC(CCNC)COc1cc(-c2ccnc(N)n2)cc2sc(C3COc4ccc(OC)cc4C3)nc12. The highest BCUT2D eigenvalue weighted by Gasteiger charge is 2.26. The third kappa shape index (κ3) is 5.62. The van der Waals surface area contributed by atoms with Crippen LogP contribution < -0.4 is 25.3 Å². The molecule has 1 aliphatic rings. The lowest BCUT2D eigenvalue weighted by Gasteiger charge is -2.24. The lowest BCUT2D eigenvalue weighted by molar-refractivity contribution is 0.238. The third-order valence-corrected chi connectivity index (χ3v) is 7.99. The maximum absolute atomic E-state index is 6.44. The van der Waals surface area contributed by atoms with Gasteiger partial charge in [-0.05, 0) is 74.3 Å². The molecule has 9 heteroatoms. The Morgan fingerprint density at radius 2 is 2.11 bits per heavy atom. The number of nitrogens with one attached hydrogen (secondary N) is 1. The number of methoxy groups -OCH3 is 1. The third-order valence-electron chi connectivity index (χ3n) is 6.82. The predicted octanol–water partition coefficient (Wildman–Crippen LogP) is 5.08. The molecule has 0 radical (unpaired) electrons. The number of nitrogen functional groups attached to an aromatic ring is 1. The van der Waals surface area contributed by atoms with E-state index in [0.717, 1.165) is 75.1 Å². The minimum absolute atomic E-state index is 0.155. The Morgan fingerprint density at radius 3 is 2.89 bits per heavy atom. The van der Waals surface area contributed by atoms with E-state index in [9.17, 15) is 0 Å². The first-order valence-corrected chi connectivity index (χ1v) is 13.5. The number of thiazole rings is 1. The molecule has 0 fully saturated rings. The van der Waals surface area contributed by atoms with Gasteiger partial charge in [0.2, 0.25) is 5.95 Å². The summed E-state index contributed by atoms with van der Waals surface area (Å²) in [6.07, 6.45) is 4.64. The molecule has 0 amide bonds. The molecule has 0 saturated carbocycles. The van der Waals surface area contributed by atoms with Crippen molar-refractivity contribution in [1.82, 2.24) is 20.3 Å². The average molecular weight is 520 g/mol. The maximum atomic E-state index is 6.44. The van der Waals surface area contributed by atoms with Gasteiger partial charge < -0.3 is 25.3 Å². The maximum Gasteiger partial charge on any atom is 0.220 e. The molecule has 0 aliphatic carbocycles. The van der Waals surface area contributed by atoms with Gasteiger partial charge in [-0.25, -0.2) is 15.0 Å². The predicted molar refractivity (Wildman–Crippen MR) is 148 cm³/mol. The van der Waals surface area contributed by atoms with Gasteiger partial charge in [0.15, 0.2) is 0 Å². The summed E-state index contributed by atoms with van der Waals surface area (Å²) in [5.41, 5.74) is 9.59. The first-order chi connectivity index (χ1) is 18.1. The Bertz CT molecular complexity index is 1380. The number of fused-ring (bicyclic) bond motifs is 2. The second kappa shape index (κ2) is 11.3. The Labute approximate surface area is 221 Å². The molecule has 37 heavy (non-hydrogen) atoms. The average Bonchev–Trinajstić information content (AvgIpc) is 3.37. The fourth-order valence-electron chi connectivity index (χ4n) is 4.60. The summed E-state index contributed by atoms with van der Waals surface area (Å²) < 4.78 is 19.0. The topological polar surface area (TPSA) is 104 Å². The van der Waals surface area contributed by atoms with Gasteiger partial charge in [-0.1, -0.05) is 13.3 Å². The van der Waals surface area contributed by atoms with E-state index >= 15 is 0 Å². The van der Waals surface area contributed by atoms with Crippen molar-refractivity contribution in [3.05, 3.63) is 53.2 Å². The largest absolute Gasteiger partial charge is 0.497 e. The molecular weight excluding hydrogens is 486 g/mol. The van der Waals surface area contributed by atoms with E-state index in [-0.39, 0.29) is 11.9 Å². The van der Waals surface area contributed by atoms with Crippen molar-refractivity contribution >= 4 is 27.5 Å². The number of nitrogens with zero attached hydrogens (tertiary/aromatic N) is 3. The number of hydrogen-bond donors (Lipinski definition) is 2. The summed E-state index contributed by atoms with van der Waals surface area (Å²) in [5.74, 6) is 3.38. The summed E-state index contributed by atoms with van der Waals surface area (Å²) in [6, 6.07) is 12.0. The molecule has 0 spiro atoms. The number of benzene rings is 2. The van der Waals surface area contributed by atoms with Gasteiger partial charge in [0.1, 0.15) is 27.8 Å². The van der Waals surface area contributed by atoms with Crippen LogP contribution in [0, 0.1) is 5.92 Å². The van der Waals surface area contributed by atoms with Crippen molar-refractivity contribution in [2.75, 3.05) is 39.6 Å². The molecule has 0 bridgehead atoms. The van der Waals surface area contributed by atoms with E-state index in [0.29, 0.717) is 19.1 Å². The van der Waals surface area contributed by atoms with Gasteiger partial charge in [-0.15, -0.1) is 11.3 Å². The highest BCUT2D eigenvalue weighted by Crippen LogP contribution is 2.41. The Balaban J connectivity index is 1.49. The van der Waals surface area contributed by atoms with Gasteiger partial charge >= 0.3 is 0 Å². The van der Waals surface area contributed by atoms with Crippen LogP contribution in [0.3, 0.4) is 0 Å². The first kappa shape index (κ1) is 25.2. The van der Waals surface area contributed by atoms with Crippen molar-refractivity contribution in [3.8, 4) is 28.5 Å². The molecule has 2 aromatic heterocycles. The van der Waals surface area contributed by atoms with E-state index in [1.807, 2.05) is 31.3 Å². The van der Waals surface area contributed by atoms with Crippen LogP contribution in [0.4, 0.5) is 5.95 Å². The van der Waals surface area contributed by atoms with Crippen LogP contribution in [0.1, 0.15) is 36.3 Å². The Hall–Kier alpha value is -3.43. The molecule has 194 valence electrons. The van der Waals surface area contributed by atoms with Crippen LogP contribution in [-0.4, -0.2) is 48.9 Å². The van der Waals surface area contributed by atoms with E-state index in [2.05, 4.69) is 34.3 Å². The van der Waals surface area contributed by atoms with E-state index in [1.54, 1.807) is 24.6 Å². The van der Waals surface area contributed by atoms with Crippen LogP contribution in [-0.2, 0) is 6.42 Å². The molecule has 5 rings (SSSR count). The van der Waals surface area contributed by atoms with Crippen molar-refractivity contribution in [3.63, 3.8) is 0 Å². The van der Waals surface area contributed by atoms with E-state index < -0.39 is 0 Å². The molecule has 2 unspecified atom stereocenters. The standard InChI is InChI=1S/C28H33N5O3S/c1-4-17(7-9-30-2)15-35-24-13-18(22-8-10-31-28(29)32-22)14-25-26(24)33-27(37-25)20-11-19-12-21(34-3)5-6-23(19)36-16-20/h5-6,8,10,12-14,17,20,30H,4,7,9,11,15-16H2,1-3H3,(H2,29,31,32). The van der Waals surface area contributed by atoms with Gasteiger partial charge in [-0.2, -0.15) is 0 Å². The fourth-order valence-corrected chi connectivity index (χ4v) is 5.71. The highest BCUT2D eigenvalue weighted by atomic mass is 32.1. The van der Waals surface area contributed by atoms with Crippen molar-refractivity contribution in [1.29, 1.82) is 0 Å². The molecule has 3 heterocycles. The van der Waals surface area contributed by atoms with Crippen molar-refractivity contribution in [2.45, 2.75) is 32.1 Å². The molecular formula is C28H33N5O3S. The van der Waals surface area contributed by atoms with Crippen LogP contribution in [0.15, 0.2) is 42.6 Å². The van der Waals surface area contributed by atoms with Gasteiger partial charge in [0.05, 0.1) is 30.7 Å². The minimum atomic E-state index is 0.155. The summed E-state index contributed by atoms with van der Waals surface area (Å²) >= 11 is 1.68. The first-order valence-electron chi connectivity index (χ1n) is 12.7. The van der Waals surface area contributed by atoms with Crippen LogP contribution in [0.25, 0.3) is 21.5 Å². The van der Waals surface area contributed by atoms with Gasteiger partial charge in [0, 0.05) is 17.7 Å². The van der Waals surface area contributed by atoms with E-state index in [4.69, 9.17) is 24.9 Å². The zero-order valence-electron chi connectivity index (χ0n) is 21.5. The normalized spacial score (nSPS) is 15.7. The minimum Gasteiger partial charge on any atom is -0.497 e. The van der Waals surface area contributed by atoms with Crippen molar-refractivity contribution in [2.24, 2.45) is 5.92 Å². The zero-order chi connectivity index (χ0) is 25.8. The summed E-state index contributed by atoms with van der Waals surface area (Å²) in [4.78, 5) is 13.6. The second-order valence-electron chi connectivity index (χ2n) is 9.34. The molecule has 4 aromatic rings. The lowest BCUT2D eigenvalue weighted by Crippen LogP contribution is -2.19. The molecule has 8 nitrogen and oxygen atoms in total. The summed E-state index contributed by atoms with van der Waals surface area (Å²) in [5, 5.41) is 4.28. The summed E-state index contributed by atoms with van der Waals surface area (Å²) in [7, 11) is 3.66. The van der Waals surface area contributed by atoms with Crippen LogP contribution in [0.5, 0.6) is 17.2 Å². The Kier molecular flexibility index (Phi) is 7.71. The van der Waals surface area contributed by atoms with Gasteiger partial charge in [-0.3, -0.25) is 0 Å². The number of aromatic nitrogens is 3. The molecule has 2 aromatic carbocycles. The molecule has 2 atom stereocenters. The van der Waals surface area contributed by atoms with E-state index in [1.165, 1.54) is 0 Å². The summed E-state index contributed by atoms with van der Waals surface area (Å²) in [6.45, 7) is 4.39. The number of hydrogen-bond acceptors (Lipinski definition) is 9. The van der Waals surface area contributed by atoms with Gasteiger partial charge in [0.25, 0.3) is 0 Å². The molecule has 1 aliphatic heterocycles. The number of ether oxygens (including phenoxy) is 3. The fraction of sp³-hybridized carbons (Fsp3) is 0.393. The quantitative estimate of drug-likeness (QED) is 0.299. The number of anilines is 1. The van der Waals surface area contributed by atoms with Crippen LogP contribution >= 0.6 is 11.3 Å². The van der Waals surface area contributed by atoms with Crippen LogP contribution in [0.2, 0.25) is 0 Å². The second-order valence-corrected chi connectivity index (χ2v) is 10.4.